The van der Waals surface area contributed by atoms with E-state index in [9.17, 15) is 4.79 Å². The van der Waals surface area contributed by atoms with Crippen LogP contribution in [0.1, 0.15) is 13.8 Å². The average molecular weight is 413 g/mol. The number of esters is 1. The van der Waals surface area contributed by atoms with Crippen LogP contribution in [0.25, 0.3) is 17.1 Å². The van der Waals surface area contributed by atoms with Crippen LogP contribution in [0.15, 0.2) is 53.7 Å². The summed E-state index contributed by atoms with van der Waals surface area (Å²) in [6, 6.07) is 15.3. The maximum Gasteiger partial charge on any atom is 0.318 e. The van der Waals surface area contributed by atoms with Crippen molar-refractivity contribution in [3.8, 4) is 28.6 Å². The molecule has 2 aromatic carbocycles. The monoisotopic (exact) mass is 413 g/mol. The van der Waals surface area contributed by atoms with Crippen molar-refractivity contribution < 1.29 is 19.0 Å². The lowest BCUT2D eigenvalue weighted by Gasteiger charge is -2.13. The maximum absolute atomic E-state index is 11.9. The Hall–Kier alpha value is -3.00. The van der Waals surface area contributed by atoms with Gasteiger partial charge in [-0.3, -0.25) is 9.36 Å². The molecule has 0 fully saturated rings. The minimum atomic E-state index is -0.422. The Morgan fingerprint density at radius 3 is 2.28 bits per heavy atom. The van der Waals surface area contributed by atoms with Gasteiger partial charge in [0, 0.05) is 11.3 Å². The molecule has 1 aromatic heterocycles. The molecule has 0 spiro atoms. The Morgan fingerprint density at radius 2 is 1.69 bits per heavy atom. The number of methoxy groups -OCH3 is 2. The predicted octanol–water partition coefficient (Wildman–Crippen LogP) is 4.00. The smallest absolute Gasteiger partial charge is 0.318 e. The van der Waals surface area contributed by atoms with Crippen LogP contribution in [0.2, 0.25) is 0 Å². The molecule has 3 aromatic rings. The Kier molecular flexibility index (Phi) is 6.77. The largest absolute Gasteiger partial charge is 0.497 e. The first-order valence-corrected chi connectivity index (χ1v) is 10.0. The molecule has 0 saturated carbocycles. The van der Waals surface area contributed by atoms with Crippen LogP contribution in [0.3, 0.4) is 0 Å². The summed E-state index contributed by atoms with van der Waals surface area (Å²) in [6.07, 6.45) is 0. The molecule has 0 aliphatic heterocycles. The zero-order valence-electron chi connectivity index (χ0n) is 16.8. The quantitative estimate of drug-likeness (QED) is 0.408. The molecule has 0 N–H and O–H groups in total. The van der Waals surface area contributed by atoms with Crippen molar-refractivity contribution in [3.05, 3.63) is 48.5 Å². The molecule has 0 unspecified atom stereocenters. The summed E-state index contributed by atoms with van der Waals surface area (Å²) in [7, 11) is 3.00. The number of hydrogen-bond donors (Lipinski definition) is 0. The molecule has 1 heterocycles. The highest BCUT2D eigenvalue weighted by molar-refractivity contribution is 8.00. The molecular formula is C21H23N3O4S. The number of carbonyl (C=O) groups is 1. The van der Waals surface area contributed by atoms with Gasteiger partial charge in [-0.2, -0.15) is 0 Å². The maximum atomic E-state index is 11.9. The molecule has 1 atom stereocenters. The summed E-state index contributed by atoms with van der Waals surface area (Å²) < 4.78 is 17.5. The van der Waals surface area contributed by atoms with Crippen molar-refractivity contribution in [3.63, 3.8) is 0 Å². The van der Waals surface area contributed by atoms with Gasteiger partial charge < -0.3 is 14.2 Å². The lowest BCUT2D eigenvalue weighted by molar-refractivity contribution is -0.139. The van der Waals surface area contributed by atoms with Crippen LogP contribution in [0.5, 0.6) is 11.5 Å². The number of aromatic nitrogens is 3. The summed E-state index contributed by atoms with van der Waals surface area (Å²) in [5, 5.41) is 8.89. The highest BCUT2D eigenvalue weighted by Crippen LogP contribution is 2.31. The van der Waals surface area contributed by atoms with Crippen LogP contribution < -0.4 is 9.47 Å². The van der Waals surface area contributed by atoms with Crippen molar-refractivity contribution >= 4 is 17.7 Å². The molecule has 29 heavy (non-hydrogen) atoms. The minimum Gasteiger partial charge on any atom is -0.497 e. The second-order valence-corrected chi connectivity index (χ2v) is 7.39. The fourth-order valence-electron chi connectivity index (χ4n) is 2.74. The van der Waals surface area contributed by atoms with Gasteiger partial charge >= 0.3 is 5.97 Å². The summed E-state index contributed by atoms with van der Waals surface area (Å²) in [5.41, 5.74) is 1.74. The zero-order chi connectivity index (χ0) is 20.8. The molecular weight excluding hydrogens is 390 g/mol. The lowest BCUT2D eigenvalue weighted by atomic mass is 10.2. The van der Waals surface area contributed by atoms with Gasteiger partial charge in [-0.15, -0.1) is 10.2 Å². The van der Waals surface area contributed by atoms with Crippen molar-refractivity contribution in [2.75, 3.05) is 20.8 Å². The van der Waals surface area contributed by atoms with Crippen molar-refractivity contribution in [2.24, 2.45) is 0 Å². The number of nitrogens with zero attached hydrogens (tertiary/aromatic N) is 3. The van der Waals surface area contributed by atoms with Crippen molar-refractivity contribution in [2.45, 2.75) is 24.3 Å². The molecule has 0 radical (unpaired) electrons. The third-order valence-corrected chi connectivity index (χ3v) is 5.22. The molecule has 0 saturated heterocycles. The third kappa shape index (κ3) is 4.71. The highest BCUT2D eigenvalue weighted by atomic mass is 32.2. The summed E-state index contributed by atoms with van der Waals surface area (Å²) in [4.78, 5) is 11.9. The van der Waals surface area contributed by atoms with E-state index in [4.69, 9.17) is 14.2 Å². The Bertz CT molecular complexity index is 955. The predicted molar refractivity (Wildman–Crippen MR) is 112 cm³/mol. The van der Waals surface area contributed by atoms with Crippen LogP contribution in [0, 0.1) is 0 Å². The van der Waals surface area contributed by atoms with Crippen LogP contribution >= 0.6 is 11.8 Å². The molecule has 152 valence electrons. The van der Waals surface area contributed by atoms with Crippen molar-refractivity contribution in [1.29, 1.82) is 0 Å². The summed E-state index contributed by atoms with van der Waals surface area (Å²) in [5.74, 6) is 1.89. The van der Waals surface area contributed by atoms with E-state index in [0.29, 0.717) is 17.6 Å². The number of carbonyl (C=O) groups excluding carboxylic acids is 1. The fraction of sp³-hybridized carbons (Fsp3) is 0.286. The summed E-state index contributed by atoms with van der Waals surface area (Å²) in [6.45, 7) is 4.32. The topological polar surface area (TPSA) is 75.5 Å². The minimum absolute atomic E-state index is 0.317. The second-order valence-electron chi connectivity index (χ2n) is 6.08. The number of rotatable bonds is 8. The van der Waals surface area contributed by atoms with E-state index in [1.54, 1.807) is 14.0 Å². The van der Waals surface area contributed by atoms with Gasteiger partial charge in [-0.25, -0.2) is 0 Å². The lowest BCUT2D eigenvalue weighted by Crippen LogP contribution is -2.15. The standard InChI is InChI=1S/C21H23N3O4S/c1-5-28-18-12-8-16(9-13-18)24-19(15-6-10-17(26-3)11-7-15)22-23-21(24)29-14(2)20(25)27-4/h6-14H,5H2,1-4H3/t14-/m0/s1. The Morgan fingerprint density at radius 1 is 1.03 bits per heavy atom. The van der Waals surface area contributed by atoms with Crippen molar-refractivity contribution in [1.82, 2.24) is 14.8 Å². The molecule has 3 rings (SSSR count). The average Bonchev–Trinajstić information content (AvgIpc) is 3.17. The van der Waals surface area contributed by atoms with Gasteiger partial charge in [-0.1, -0.05) is 11.8 Å². The van der Waals surface area contributed by atoms with E-state index < -0.39 is 5.25 Å². The SMILES string of the molecule is CCOc1ccc(-n2c(S[C@@H](C)C(=O)OC)nnc2-c2ccc(OC)cc2)cc1. The third-order valence-electron chi connectivity index (χ3n) is 4.20. The first kappa shape index (κ1) is 20.7. The van der Waals surface area contributed by atoms with E-state index in [-0.39, 0.29) is 5.97 Å². The molecule has 7 nitrogen and oxygen atoms in total. The number of thioether (sulfide) groups is 1. The number of ether oxygens (including phenoxy) is 3. The van der Waals surface area contributed by atoms with Crippen LogP contribution in [-0.4, -0.2) is 46.8 Å². The molecule has 0 aliphatic carbocycles. The molecule has 0 bridgehead atoms. The highest BCUT2D eigenvalue weighted by Gasteiger charge is 2.22. The van der Waals surface area contributed by atoms with Gasteiger partial charge in [0.25, 0.3) is 0 Å². The van der Waals surface area contributed by atoms with Gasteiger partial charge in [0.15, 0.2) is 11.0 Å². The van der Waals surface area contributed by atoms with Crippen LogP contribution in [0.4, 0.5) is 0 Å². The summed E-state index contributed by atoms with van der Waals surface area (Å²) >= 11 is 1.29. The van der Waals surface area contributed by atoms with Crippen LogP contribution in [-0.2, 0) is 9.53 Å². The first-order valence-electron chi connectivity index (χ1n) is 9.15. The van der Waals surface area contributed by atoms with Gasteiger partial charge in [0.1, 0.15) is 16.7 Å². The number of benzene rings is 2. The first-order chi connectivity index (χ1) is 14.1. The zero-order valence-corrected chi connectivity index (χ0v) is 17.6. The van der Waals surface area contributed by atoms with E-state index in [0.717, 1.165) is 22.7 Å². The van der Waals surface area contributed by atoms with Gasteiger partial charge in [0.05, 0.1) is 20.8 Å². The fourth-order valence-corrected chi connectivity index (χ4v) is 3.63. The number of hydrogen-bond acceptors (Lipinski definition) is 7. The molecule has 0 amide bonds. The normalized spacial score (nSPS) is 11.7. The van der Waals surface area contributed by atoms with E-state index in [2.05, 4.69) is 10.2 Å². The van der Waals surface area contributed by atoms with E-state index in [1.807, 2.05) is 60.0 Å². The Balaban J connectivity index is 2.04. The second kappa shape index (κ2) is 9.47. The van der Waals surface area contributed by atoms with E-state index in [1.165, 1.54) is 18.9 Å². The van der Waals surface area contributed by atoms with E-state index >= 15 is 0 Å². The Labute approximate surface area is 174 Å². The molecule has 8 heteroatoms. The van der Waals surface area contributed by atoms with Gasteiger partial charge in [0.2, 0.25) is 0 Å². The molecule has 0 aliphatic rings. The van der Waals surface area contributed by atoms with Gasteiger partial charge in [-0.05, 0) is 62.4 Å².